The van der Waals surface area contributed by atoms with E-state index in [4.69, 9.17) is 0 Å². The molecular formula is C27H42N2S. The maximum Gasteiger partial charge on any atom is 0.0385 e. The summed E-state index contributed by atoms with van der Waals surface area (Å²) >= 11 is 2.06. The summed E-state index contributed by atoms with van der Waals surface area (Å²) in [5.41, 5.74) is 4.87. The zero-order chi connectivity index (χ0) is 21.6. The molecule has 2 aromatic carbocycles. The third kappa shape index (κ3) is 10.4. The van der Waals surface area contributed by atoms with E-state index in [1.165, 1.54) is 61.9 Å². The number of unbranched alkanes of at least 4 members (excludes halogenated alkanes) is 5. The van der Waals surface area contributed by atoms with Gasteiger partial charge in [0, 0.05) is 28.9 Å². The van der Waals surface area contributed by atoms with Crippen LogP contribution in [0.25, 0.3) is 0 Å². The summed E-state index contributed by atoms with van der Waals surface area (Å²) in [5.74, 6) is 3.11. The fraction of sp³-hybridized carbons (Fsp3) is 0.556. The van der Waals surface area contributed by atoms with Gasteiger partial charge >= 0.3 is 0 Å². The van der Waals surface area contributed by atoms with Crippen molar-refractivity contribution >= 4 is 28.8 Å². The Morgan fingerprint density at radius 3 is 1.93 bits per heavy atom. The quantitative estimate of drug-likeness (QED) is 0.278. The summed E-state index contributed by atoms with van der Waals surface area (Å²) < 4.78 is 0. The van der Waals surface area contributed by atoms with E-state index in [1.807, 2.05) is 0 Å². The van der Waals surface area contributed by atoms with Crippen LogP contribution in [0.15, 0.2) is 48.5 Å². The zero-order valence-electron chi connectivity index (χ0n) is 19.5. The number of rotatable bonds is 15. The lowest BCUT2D eigenvalue weighted by atomic mass is 10.1. The van der Waals surface area contributed by atoms with E-state index >= 15 is 0 Å². The van der Waals surface area contributed by atoms with Crippen LogP contribution in [0.5, 0.6) is 0 Å². The van der Waals surface area contributed by atoms with Gasteiger partial charge in [0.15, 0.2) is 0 Å². The minimum atomic E-state index is 0.496. The van der Waals surface area contributed by atoms with Crippen molar-refractivity contribution in [3.8, 4) is 0 Å². The van der Waals surface area contributed by atoms with Gasteiger partial charge in [0.2, 0.25) is 0 Å². The molecule has 0 spiro atoms. The number of thioether (sulfide) groups is 1. The van der Waals surface area contributed by atoms with Gasteiger partial charge in [-0.25, -0.2) is 0 Å². The van der Waals surface area contributed by atoms with Crippen LogP contribution in [-0.4, -0.2) is 11.8 Å². The molecule has 0 bridgehead atoms. The minimum absolute atomic E-state index is 0.496. The average Bonchev–Trinajstić information content (AvgIpc) is 2.72. The van der Waals surface area contributed by atoms with E-state index in [0.29, 0.717) is 12.0 Å². The van der Waals surface area contributed by atoms with Crippen LogP contribution in [0.2, 0.25) is 0 Å². The maximum absolute atomic E-state index is 3.58. The molecule has 0 aliphatic rings. The second-order valence-corrected chi connectivity index (χ2v) is 10.00. The highest BCUT2D eigenvalue weighted by Gasteiger charge is 2.05. The number of hydrogen-bond donors (Lipinski definition) is 2. The Labute approximate surface area is 189 Å². The van der Waals surface area contributed by atoms with Gasteiger partial charge in [-0.1, -0.05) is 65.0 Å². The second-order valence-electron chi connectivity index (χ2n) is 8.89. The molecule has 2 rings (SSSR count). The Balaban J connectivity index is 1.68. The summed E-state index contributed by atoms with van der Waals surface area (Å²) in [4.78, 5) is 0. The van der Waals surface area contributed by atoms with Crippen LogP contribution in [-0.2, 0) is 5.75 Å². The summed E-state index contributed by atoms with van der Waals surface area (Å²) in [6.45, 7) is 9.06. The third-order valence-corrected chi connectivity index (χ3v) is 6.39. The lowest BCUT2D eigenvalue weighted by Crippen LogP contribution is -2.17. The molecule has 30 heavy (non-hydrogen) atoms. The van der Waals surface area contributed by atoms with Crippen LogP contribution in [0.1, 0.15) is 78.2 Å². The molecule has 0 aliphatic heterocycles. The molecule has 2 aromatic rings. The standard InChI is InChI=1S/C27H42N2S/c1-5-6-7-8-9-10-19-30-21-24-11-13-26(14-12-24)29-27-17-15-25(16-18-27)28-23(4)20-22(2)3/h11-18,22-23,28-29H,5-10,19-21H2,1-4H3. The smallest absolute Gasteiger partial charge is 0.0385 e. The van der Waals surface area contributed by atoms with E-state index in [1.54, 1.807) is 0 Å². The molecule has 0 heterocycles. The van der Waals surface area contributed by atoms with Crippen molar-refractivity contribution in [2.75, 3.05) is 16.4 Å². The van der Waals surface area contributed by atoms with Crippen LogP contribution >= 0.6 is 11.8 Å². The van der Waals surface area contributed by atoms with Crippen molar-refractivity contribution in [2.24, 2.45) is 5.92 Å². The second kappa shape index (κ2) is 14.4. The van der Waals surface area contributed by atoms with Gasteiger partial charge in [-0.15, -0.1) is 0 Å². The van der Waals surface area contributed by atoms with Gasteiger partial charge in [0.25, 0.3) is 0 Å². The van der Waals surface area contributed by atoms with E-state index in [-0.39, 0.29) is 0 Å². The molecular weight excluding hydrogens is 384 g/mol. The highest BCUT2D eigenvalue weighted by molar-refractivity contribution is 7.98. The average molecular weight is 427 g/mol. The summed E-state index contributed by atoms with van der Waals surface area (Å²) in [6, 6.07) is 18.0. The lowest BCUT2D eigenvalue weighted by Gasteiger charge is -2.17. The molecule has 0 fully saturated rings. The Morgan fingerprint density at radius 2 is 1.30 bits per heavy atom. The normalized spacial score (nSPS) is 12.2. The number of anilines is 3. The Bertz CT molecular complexity index is 679. The Hall–Kier alpha value is -1.61. The Morgan fingerprint density at radius 1 is 0.733 bits per heavy atom. The van der Waals surface area contributed by atoms with Crippen molar-refractivity contribution < 1.29 is 0 Å². The van der Waals surface area contributed by atoms with Gasteiger partial charge in [0.05, 0.1) is 0 Å². The van der Waals surface area contributed by atoms with Gasteiger partial charge in [-0.2, -0.15) is 11.8 Å². The number of hydrogen-bond acceptors (Lipinski definition) is 3. The molecule has 3 heteroatoms. The topological polar surface area (TPSA) is 24.1 Å². The molecule has 1 atom stereocenters. The summed E-state index contributed by atoms with van der Waals surface area (Å²) in [7, 11) is 0. The molecule has 0 aromatic heterocycles. The first-order chi connectivity index (χ1) is 14.6. The number of nitrogens with one attached hydrogen (secondary N) is 2. The van der Waals surface area contributed by atoms with Crippen molar-refractivity contribution in [3.63, 3.8) is 0 Å². The van der Waals surface area contributed by atoms with E-state index in [2.05, 4.69) is 98.6 Å². The SMILES string of the molecule is CCCCCCCCSCc1ccc(Nc2ccc(NC(C)CC(C)C)cc2)cc1. The lowest BCUT2D eigenvalue weighted by molar-refractivity contribution is 0.540. The maximum atomic E-state index is 3.58. The van der Waals surface area contributed by atoms with Crippen molar-refractivity contribution in [1.82, 2.24) is 0 Å². The van der Waals surface area contributed by atoms with Gasteiger partial charge in [-0.3, -0.25) is 0 Å². The molecule has 0 radical (unpaired) electrons. The summed E-state index contributed by atoms with van der Waals surface area (Å²) in [6.07, 6.45) is 9.47. The first-order valence-corrected chi connectivity index (χ1v) is 13.0. The van der Waals surface area contributed by atoms with Gasteiger partial charge < -0.3 is 10.6 Å². The monoisotopic (exact) mass is 426 g/mol. The fourth-order valence-corrected chi connectivity index (χ4v) is 4.71. The molecule has 2 nitrogen and oxygen atoms in total. The molecule has 0 saturated heterocycles. The minimum Gasteiger partial charge on any atom is -0.383 e. The van der Waals surface area contributed by atoms with Crippen LogP contribution in [0, 0.1) is 5.92 Å². The molecule has 0 saturated carbocycles. The highest BCUT2D eigenvalue weighted by atomic mass is 32.2. The van der Waals surface area contributed by atoms with Crippen molar-refractivity contribution in [2.45, 2.75) is 84.4 Å². The van der Waals surface area contributed by atoms with Crippen molar-refractivity contribution in [1.29, 1.82) is 0 Å². The number of benzene rings is 2. The molecule has 0 amide bonds. The molecule has 166 valence electrons. The molecule has 0 aliphatic carbocycles. The Kier molecular flexibility index (Phi) is 11.8. The van der Waals surface area contributed by atoms with E-state index in [0.717, 1.165) is 17.1 Å². The van der Waals surface area contributed by atoms with Gasteiger partial charge in [-0.05, 0) is 73.4 Å². The fourth-order valence-electron chi connectivity index (χ4n) is 3.73. The highest BCUT2D eigenvalue weighted by Crippen LogP contribution is 2.22. The zero-order valence-corrected chi connectivity index (χ0v) is 20.4. The van der Waals surface area contributed by atoms with E-state index in [9.17, 15) is 0 Å². The largest absolute Gasteiger partial charge is 0.383 e. The van der Waals surface area contributed by atoms with Crippen LogP contribution in [0.4, 0.5) is 17.1 Å². The van der Waals surface area contributed by atoms with Crippen LogP contribution in [0.3, 0.4) is 0 Å². The first-order valence-electron chi connectivity index (χ1n) is 11.9. The summed E-state index contributed by atoms with van der Waals surface area (Å²) in [5, 5.41) is 7.09. The van der Waals surface area contributed by atoms with E-state index < -0.39 is 0 Å². The van der Waals surface area contributed by atoms with Crippen molar-refractivity contribution in [3.05, 3.63) is 54.1 Å². The predicted octanol–water partition coefficient (Wildman–Crippen LogP) is 8.87. The van der Waals surface area contributed by atoms with Crippen LogP contribution < -0.4 is 10.6 Å². The molecule has 1 unspecified atom stereocenters. The third-order valence-electron chi connectivity index (χ3n) is 5.28. The molecule has 2 N–H and O–H groups in total. The predicted molar refractivity (Wildman–Crippen MR) is 138 cm³/mol. The van der Waals surface area contributed by atoms with Gasteiger partial charge in [0.1, 0.15) is 0 Å². The first kappa shape index (κ1) is 24.7.